The topological polar surface area (TPSA) is 81.0 Å². The number of nitrogens with zero attached hydrogens (tertiary/aromatic N) is 3. The lowest BCUT2D eigenvalue weighted by Gasteiger charge is -2.03. The highest BCUT2D eigenvalue weighted by atomic mass is 19.1. The Morgan fingerprint density at radius 1 is 1.32 bits per heavy atom. The summed E-state index contributed by atoms with van der Waals surface area (Å²) in [6, 6.07) is 7.00. The molecule has 7 heteroatoms. The number of nitro benzene ring substituents is 1. The Kier molecular flexibility index (Phi) is 3.65. The van der Waals surface area contributed by atoms with Crippen LogP contribution in [0.4, 0.5) is 15.9 Å². The molecule has 0 atom stereocenters. The number of halogens is 1. The molecular formula is C12H11FN4O2. The maximum Gasteiger partial charge on any atom is 0.305 e. The fourth-order valence-corrected chi connectivity index (χ4v) is 1.57. The lowest BCUT2D eigenvalue weighted by Crippen LogP contribution is -2.00. The van der Waals surface area contributed by atoms with Crippen LogP contribution in [0.2, 0.25) is 0 Å². The number of hydrogen-bond acceptors (Lipinski definition) is 5. The molecule has 0 radical (unpaired) electrons. The molecule has 0 spiro atoms. The van der Waals surface area contributed by atoms with Crippen molar-refractivity contribution in [2.45, 2.75) is 6.92 Å². The minimum Gasteiger partial charge on any atom is -0.369 e. The third-order valence-electron chi connectivity index (χ3n) is 2.46. The predicted molar refractivity (Wildman–Crippen MR) is 68.2 cm³/mol. The van der Waals surface area contributed by atoms with Gasteiger partial charge >= 0.3 is 5.69 Å². The van der Waals surface area contributed by atoms with Crippen LogP contribution in [0.5, 0.6) is 0 Å². The predicted octanol–water partition coefficient (Wildman–Crippen LogP) is 2.62. The van der Waals surface area contributed by atoms with Crippen molar-refractivity contribution in [3.8, 4) is 11.3 Å². The van der Waals surface area contributed by atoms with E-state index in [1.165, 1.54) is 6.07 Å². The van der Waals surface area contributed by atoms with Crippen molar-refractivity contribution in [1.29, 1.82) is 0 Å². The first-order chi connectivity index (χ1) is 9.11. The van der Waals surface area contributed by atoms with E-state index in [0.717, 1.165) is 18.7 Å². The fraction of sp³-hybridized carbons (Fsp3) is 0.167. The minimum atomic E-state index is -0.869. The van der Waals surface area contributed by atoms with Crippen molar-refractivity contribution in [2.75, 3.05) is 11.9 Å². The maximum atomic E-state index is 13.2. The molecule has 2 rings (SSSR count). The number of aromatic nitrogens is 2. The molecular weight excluding hydrogens is 251 g/mol. The molecule has 1 heterocycles. The van der Waals surface area contributed by atoms with E-state index >= 15 is 0 Å². The Bertz CT molecular complexity index is 601. The minimum absolute atomic E-state index is 0.448. The molecule has 0 saturated carbocycles. The standard InChI is InChI=1S/C12H11FN4O2/c1-2-14-12-6-5-10(15-16-12)8-3-4-9(13)11(7-8)17(18)19/h3-7H,2H2,1H3,(H,14,16). The van der Waals surface area contributed by atoms with Crippen molar-refractivity contribution in [3.05, 3.63) is 46.3 Å². The van der Waals surface area contributed by atoms with Crippen molar-refractivity contribution in [1.82, 2.24) is 10.2 Å². The smallest absolute Gasteiger partial charge is 0.305 e. The third kappa shape index (κ3) is 2.82. The zero-order valence-electron chi connectivity index (χ0n) is 10.1. The number of rotatable bonds is 4. The summed E-state index contributed by atoms with van der Waals surface area (Å²) < 4.78 is 13.2. The molecule has 6 nitrogen and oxygen atoms in total. The highest BCUT2D eigenvalue weighted by Gasteiger charge is 2.15. The van der Waals surface area contributed by atoms with Gasteiger partial charge in [-0.25, -0.2) is 0 Å². The monoisotopic (exact) mass is 262 g/mol. The summed E-state index contributed by atoms with van der Waals surface area (Å²) >= 11 is 0. The quantitative estimate of drug-likeness (QED) is 0.676. The van der Waals surface area contributed by atoms with E-state index in [-0.39, 0.29) is 0 Å². The van der Waals surface area contributed by atoms with E-state index in [9.17, 15) is 14.5 Å². The summed E-state index contributed by atoms with van der Waals surface area (Å²) in [7, 11) is 0. The number of nitro groups is 1. The molecule has 0 fully saturated rings. The summed E-state index contributed by atoms with van der Waals surface area (Å²) in [5.41, 5.74) is 0.323. The molecule has 0 unspecified atom stereocenters. The molecule has 0 saturated heterocycles. The van der Waals surface area contributed by atoms with Crippen LogP contribution in [0.1, 0.15) is 6.92 Å². The van der Waals surface area contributed by atoms with E-state index < -0.39 is 16.4 Å². The highest BCUT2D eigenvalue weighted by Crippen LogP contribution is 2.25. The number of nitrogens with one attached hydrogen (secondary N) is 1. The zero-order chi connectivity index (χ0) is 13.8. The summed E-state index contributed by atoms with van der Waals surface area (Å²) in [4.78, 5) is 9.90. The van der Waals surface area contributed by atoms with Gasteiger partial charge in [-0.15, -0.1) is 10.2 Å². The van der Waals surface area contributed by atoms with Gasteiger partial charge in [0.2, 0.25) is 5.82 Å². The summed E-state index contributed by atoms with van der Waals surface area (Å²) in [6.07, 6.45) is 0. The fourth-order valence-electron chi connectivity index (χ4n) is 1.57. The summed E-state index contributed by atoms with van der Waals surface area (Å²) in [5.74, 6) is -0.256. The van der Waals surface area contributed by atoms with Gasteiger partial charge in [0.1, 0.15) is 5.82 Å². The van der Waals surface area contributed by atoms with Gasteiger partial charge in [-0.05, 0) is 31.2 Å². The Morgan fingerprint density at radius 3 is 2.68 bits per heavy atom. The van der Waals surface area contributed by atoms with Crippen molar-refractivity contribution >= 4 is 11.5 Å². The van der Waals surface area contributed by atoms with Crippen molar-refractivity contribution < 1.29 is 9.31 Å². The second-order valence-electron chi connectivity index (χ2n) is 3.76. The lowest BCUT2D eigenvalue weighted by molar-refractivity contribution is -0.387. The normalized spacial score (nSPS) is 10.2. The van der Waals surface area contributed by atoms with E-state index in [4.69, 9.17) is 0 Å². The molecule has 1 N–H and O–H groups in total. The SMILES string of the molecule is CCNc1ccc(-c2ccc(F)c([N+](=O)[O-])c2)nn1. The van der Waals surface area contributed by atoms with Crippen LogP contribution in [0, 0.1) is 15.9 Å². The van der Waals surface area contributed by atoms with Gasteiger partial charge in [0.15, 0.2) is 0 Å². The number of hydrogen-bond donors (Lipinski definition) is 1. The molecule has 0 aliphatic rings. The van der Waals surface area contributed by atoms with Crippen LogP contribution in [0.15, 0.2) is 30.3 Å². The molecule has 0 bridgehead atoms. The van der Waals surface area contributed by atoms with Crippen LogP contribution < -0.4 is 5.32 Å². The average Bonchev–Trinajstić information content (AvgIpc) is 2.40. The molecule has 0 amide bonds. The summed E-state index contributed by atoms with van der Waals surface area (Å²) in [6.45, 7) is 2.65. The van der Waals surface area contributed by atoms with Crippen molar-refractivity contribution in [2.24, 2.45) is 0 Å². The molecule has 0 aliphatic carbocycles. The summed E-state index contributed by atoms with van der Waals surface area (Å²) in [5, 5.41) is 21.5. The van der Waals surface area contributed by atoms with Gasteiger partial charge < -0.3 is 5.32 Å². The lowest BCUT2D eigenvalue weighted by atomic mass is 10.1. The second-order valence-corrected chi connectivity index (χ2v) is 3.76. The first-order valence-corrected chi connectivity index (χ1v) is 5.63. The Balaban J connectivity index is 2.36. The zero-order valence-corrected chi connectivity index (χ0v) is 10.1. The third-order valence-corrected chi connectivity index (χ3v) is 2.46. The molecule has 19 heavy (non-hydrogen) atoms. The molecule has 0 aliphatic heterocycles. The van der Waals surface area contributed by atoms with Crippen LogP contribution in [0.25, 0.3) is 11.3 Å². The highest BCUT2D eigenvalue weighted by molar-refractivity contribution is 5.63. The van der Waals surface area contributed by atoms with E-state index in [1.54, 1.807) is 12.1 Å². The van der Waals surface area contributed by atoms with Gasteiger partial charge in [0.05, 0.1) is 10.6 Å². The Morgan fingerprint density at radius 2 is 2.11 bits per heavy atom. The van der Waals surface area contributed by atoms with Crippen molar-refractivity contribution in [3.63, 3.8) is 0 Å². The first-order valence-electron chi connectivity index (χ1n) is 5.63. The van der Waals surface area contributed by atoms with Gasteiger partial charge in [-0.3, -0.25) is 10.1 Å². The maximum absolute atomic E-state index is 13.2. The second kappa shape index (κ2) is 5.38. The molecule has 2 aromatic rings. The van der Waals surface area contributed by atoms with E-state index in [0.29, 0.717) is 17.1 Å². The van der Waals surface area contributed by atoms with Gasteiger partial charge in [0, 0.05) is 18.2 Å². The molecule has 1 aromatic carbocycles. The number of anilines is 1. The largest absolute Gasteiger partial charge is 0.369 e. The van der Waals surface area contributed by atoms with Crippen LogP contribution in [0.3, 0.4) is 0 Å². The van der Waals surface area contributed by atoms with E-state index in [1.807, 2.05) is 6.92 Å². The first kappa shape index (κ1) is 12.9. The molecule has 1 aromatic heterocycles. The van der Waals surface area contributed by atoms with Crippen LogP contribution >= 0.6 is 0 Å². The Labute approximate surface area is 108 Å². The van der Waals surface area contributed by atoms with Crippen LogP contribution in [-0.4, -0.2) is 21.7 Å². The van der Waals surface area contributed by atoms with E-state index in [2.05, 4.69) is 15.5 Å². The van der Waals surface area contributed by atoms with Gasteiger partial charge in [-0.1, -0.05) is 0 Å². The Hall–Kier alpha value is -2.57. The average molecular weight is 262 g/mol. The van der Waals surface area contributed by atoms with Crippen LogP contribution in [-0.2, 0) is 0 Å². The van der Waals surface area contributed by atoms with Gasteiger partial charge in [-0.2, -0.15) is 4.39 Å². The van der Waals surface area contributed by atoms with Gasteiger partial charge in [0.25, 0.3) is 0 Å². The number of benzene rings is 1. The molecule has 98 valence electrons.